The Morgan fingerprint density at radius 2 is 1.83 bits per heavy atom. The molecule has 0 aliphatic rings. The van der Waals surface area contributed by atoms with Crippen LogP contribution in [0.4, 0.5) is 0 Å². The number of benzene rings is 1. The summed E-state index contributed by atoms with van der Waals surface area (Å²) in [5.74, 6) is 0. The Morgan fingerprint density at radius 1 is 1.33 bits per heavy atom. The molecule has 1 aromatic rings. The van der Waals surface area contributed by atoms with E-state index in [2.05, 4.69) is 32.6 Å². The minimum absolute atomic E-state index is 0.0359. The summed E-state index contributed by atoms with van der Waals surface area (Å²) in [6, 6.07) is 6.16. The summed E-state index contributed by atoms with van der Waals surface area (Å²) in [6.07, 6.45) is 1.77. The summed E-state index contributed by atoms with van der Waals surface area (Å²) in [7, 11) is 0. The molecular weight excluding hydrogens is 146 g/mol. The first-order chi connectivity index (χ1) is 5.66. The quantitative estimate of drug-likeness (QED) is 0.662. The SMILES string of the molecule is C=C[C@H](N)c1c(C)cccc1C. The third kappa shape index (κ3) is 1.56. The second-order valence-corrected chi connectivity index (χ2v) is 3.07. The molecular formula is C11H15N. The van der Waals surface area contributed by atoms with E-state index in [9.17, 15) is 0 Å². The monoisotopic (exact) mass is 161 g/mol. The minimum Gasteiger partial charge on any atom is -0.321 e. The maximum atomic E-state index is 5.88. The lowest BCUT2D eigenvalue weighted by Crippen LogP contribution is -2.09. The van der Waals surface area contributed by atoms with Gasteiger partial charge in [0.2, 0.25) is 0 Å². The fourth-order valence-electron chi connectivity index (χ4n) is 1.47. The number of rotatable bonds is 2. The van der Waals surface area contributed by atoms with Crippen LogP contribution in [0.5, 0.6) is 0 Å². The summed E-state index contributed by atoms with van der Waals surface area (Å²) >= 11 is 0. The Labute approximate surface area is 73.9 Å². The average molecular weight is 161 g/mol. The topological polar surface area (TPSA) is 26.0 Å². The maximum Gasteiger partial charge on any atom is 0.0483 e. The fourth-order valence-corrected chi connectivity index (χ4v) is 1.47. The van der Waals surface area contributed by atoms with Crippen LogP contribution in [-0.2, 0) is 0 Å². The van der Waals surface area contributed by atoms with Gasteiger partial charge < -0.3 is 5.73 Å². The maximum absolute atomic E-state index is 5.88. The van der Waals surface area contributed by atoms with Crippen molar-refractivity contribution in [2.24, 2.45) is 5.73 Å². The summed E-state index contributed by atoms with van der Waals surface area (Å²) in [5, 5.41) is 0. The van der Waals surface area contributed by atoms with Crippen LogP contribution < -0.4 is 5.73 Å². The number of nitrogens with two attached hydrogens (primary N) is 1. The molecule has 1 atom stereocenters. The standard InChI is InChI=1S/C11H15N/c1-4-10(12)11-8(2)6-5-7-9(11)3/h4-7,10H,1,12H2,2-3H3/t10-/m0/s1. The van der Waals surface area contributed by atoms with E-state index in [-0.39, 0.29) is 6.04 Å². The van der Waals surface area contributed by atoms with Gasteiger partial charge in [-0.05, 0) is 30.5 Å². The summed E-state index contributed by atoms with van der Waals surface area (Å²) in [5.41, 5.74) is 9.56. The first kappa shape index (κ1) is 9.01. The molecule has 0 saturated carbocycles. The van der Waals surface area contributed by atoms with Crippen LogP contribution in [0.2, 0.25) is 0 Å². The van der Waals surface area contributed by atoms with Crippen molar-refractivity contribution in [3.05, 3.63) is 47.5 Å². The largest absolute Gasteiger partial charge is 0.321 e. The highest BCUT2D eigenvalue weighted by Crippen LogP contribution is 2.20. The van der Waals surface area contributed by atoms with Crippen molar-refractivity contribution in [3.63, 3.8) is 0 Å². The van der Waals surface area contributed by atoms with Crippen molar-refractivity contribution in [2.45, 2.75) is 19.9 Å². The molecule has 2 N–H and O–H groups in total. The number of hydrogen-bond donors (Lipinski definition) is 1. The molecule has 0 spiro atoms. The highest BCUT2D eigenvalue weighted by atomic mass is 14.6. The second kappa shape index (κ2) is 3.55. The highest BCUT2D eigenvalue weighted by Gasteiger charge is 2.06. The second-order valence-electron chi connectivity index (χ2n) is 3.07. The van der Waals surface area contributed by atoms with Gasteiger partial charge in [-0.25, -0.2) is 0 Å². The molecule has 0 aliphatic heterocycles. The Bertz CT molecular complexity index is 269. The lowest BCUT2D eigenvalue weighted by molar-refractivity contribution is 0.890. The van der Waals surface area contributed by atoms with Gasteiger partial charge >= 0.3 is 0 Å². The van der Waals surface area contributed by atoms with Gasteiger partial charge in [0.05, 0.1) is 0 Å². The van der Waals surface area contributed by atoms with E-state index in [1.807, 2.05) is 6.07 Å². The van der Waals surface area contributed by atoms with Crippen LogP contribution in [0.15, 0.2) is 30.9 Å². The van der Waals surface area contributed by atoms with Crippen LogP contribution >= 0.6 is 0 Å². The van der Waals surface area contributed by atoms with Crippen LogP contribution in [0, 0.1) is 13.8 Å². The minimum atomic E-state index is -0.0359. The van der Waals surface area contributed by atoms with Gasteiger partial charge in [-0.3, -0.25) is 0 Å². The van der Waals surface area contributed by atoms with Gasteiger partial charge in [0.25, 0.3) is 0 Å². The molecule has 0 saturated heterocycles. The van der Waals surface area contributed by atoms with Gasteiger partial charge in [0.1, 0.15) is 0 Å². The van der Waals surface area contributed by atoms with Crippen molar-refractivity contribution < 1.29 is 0 Å². The van der Waals surface area contributed by atoms with Crippen molar-refractivity contribution in [1.29, 1.82) is 0 Å². The van der Waals surface area contributed by atoms with E-state index in [0.717, 1.165) is 0 Å². The predicted octanol–water partition coefficient (Wildman–Crippen LogP) is 2.49. The zero-order chi connectivity index (χ0) is 9.14. The van der Waals surface area contributed by atoms with Gasteiger partial charge in [0, 0.05) is 6.04 Å². The first-order valence-electron chi connectivity index (χ1n) is 4.11. The van der Waals surface area contributed by atoms with Gasteiger partial charge in [-0.1, -0.05) is 24.3 Å². The third-order valence-electron chi connectivity index (χ3n) is 2.13. The zero-order valence-electron chi connectivity index (χ0n) is 7.67. The molecule has 0 radical (unpaired) electrons. The molecule has 12 heavy (non-hydrogen) atoms. The van der Waals surface area contributed by atoms with E-state index in [4.69, 9.17) is 5.73 Å². The predicted molar refractivity (Wildman–Crippen MR) is 53.0 cm³/mol. The van der Waals surface area contributed by atoms with E-state index in [1.54, 1.807) is 6.08 Å². The van der Waals surface area contributed by atoms with Gasteiger partial charge in [-0.15, -0.1) is 6.58 Å². The molecule has 1 aromatic carbocycles. The van der Waals surface area contributed by atoms with Crippen LogP contribution in [0.3, 0.4) is 0 Å². The van der Waals surface area contributed by atoms with Crippen molar-refractivity contribution in [3.8, 4) is 0 Å². The van der Waals surface area contributed by atoms with E-state index in [1.165, 1.54) is 16.7 Å². The molecule has 0 aliphatic carbocycles. The molecule has 0 bridgehead atoms. The molecule has 1 nitrogen and oxygen atoms in total. The summed E-state index contributed by atoms with van der Waals surface area (Å²) < 4.78 is 0. The Balaban J connectivity index is 3.20. The van der Waals surface area contributed by atoms with E-state index in [0.29, 0.717) is 0 Å². The van der Waals surface area contributed by atoms with Crippen LogP contribution in [0.25, 0.3) is 0 Å². The average Bonchev–Trinajstić information content (AvgIpc) is 2.03. The molecule has 64 valence electrons. The smallest absolute Gasteiger partial charge is 0.0483 e. The lowest BCUT2D eigenvalue weighted by Gasteiger charge is -2.13. The summed E-state index contributed by atoms with van der Waals surface area (Å²) in [6.45, 7) is 7.84. The molecule has 0 heterocycles. The Kier molecular flexibility index (Phi) is 2.66. The molecule has 0 unspecified atom stereocenters. The Hall–Kier alpha value is -1.08. The van der Waals surface area contributed by atoms with Gasteiger partial charge in [0.15, 0.2) is 0 Å². The molecule has 0 amide bonds. The Morgan fingerprint density at radius 3 is 2.25 bits per heavy atom. The van der Waals surface area contributed by atoms with Crippen LogP contribution in [-0.4, -0.2) is 0 Å². The van der Waals surface area contributed by atoms with E-state index >= 15 is 0 Å². The molecule has 0 aromatic heterocycles. The highest BCUT2D eigenvalue weighted by molar-refractivity contribution is 5.37. The van der Waals surface area contributed by atoms with E-state index < -0.39 is 0 Å². The van der Waals surface area contributed by atoms with Crippen LogP contribution in [0.1, 0.15) is 22.7 Å². The summed E-state index contributed by atoms with van der Waals surface area (Å²) in [4.78, 5) is 0. The number of hydrogen-bond acceptors (Lipinski definition) is 1. The lowest BCUT2D eigenvalue weighted by atomic mass is 9.97. The van der Waals surface area contributed by atoms with Crippen molar-refractivity contribution in [2.75, 3.05) is 0 Å². The normalized spacial score (nSPS) is 12.6. The molecule has 0 fully saturated rings. The fraction of sp³-hybridized carbons (Fsp3) is 0.273. The first-order valence-corrected chi connectivity index (χ1v) is 4.11. The third-order valence-corrected chi connectivity index (χ3v) is 2.13. The molecule has 1 rings (SSSR count). The molecule has 1 heteroatoms. The van der Waals surface area contributed by atoms with Crippen molar-refractivity contribution in [1.82, 2.24) is 0 Å². The van der Waals surface area contributed by atoms with Gasteiger partial charge in [-0.2, -0.15) is 0 Å². The zero-order valence-corrected chi connectivity index (χ0v) is 7.67. The van der Waals surface area contributed by atoms with Crippen molar-refractivity contribution >= 4 is 0 Å². The number of aryl methyl sites for hydroxylation is 2.